The lowest BCUT2D eigenvalue weighted by atomic mass is 10.1. The van der Waals surface area contributed by atoms with E-state index in [0.29, 0.717) is 17.8 Å². The zero-order valence-electron chi connectivity index (χ0n) is 18.4. The number of sulfonamides is 1. The van der Waals surface area contributed by atoms with E-state index in [1.807, 2.05) is 30.3 Å². The normalized spacial score (nSPS) is 16.3. The minimum Gasteiger partial charge on any atom is -0.326 e. The number of hydrogen-bond donors (Lipinski definition) is 1. The highest BCUT2D eigenvalue weighted by atomic mass is 32.2. The maximum Gasteiger partial charge on any atom is 0.253 e. The van der Waals surface area contributed by atoms with Gasteiger partial charge in [0.15, 0.2) is 0 Å². The molecule has 2 heterocycles. The van der Waals surface area contributed by atoms with Crippen molar-refractivity contribution in [2.75, 3.05) is 16.8 Å². The first-order valence-electron chi connectivity index (χ1n) is 10.6. The third-order valence-corrected chi connectivity index (χ3v) is 8.72. The maximum absolute atomic E-state index is 13.5. The second kappa shape index (κ2) is 9.88. The Morgan fingerprint density at radius 1 is 1.06 bits per heavy atom. The number of nitrogens with zero attached hydrogens (tertiary/aromatic N) is 2. The van der Waals surface area contributed by atoms with E-state index in [-0.39, 0.29) is 23.1 Å². The van der Waals surface area contributed by atoms with Crippen LogP contribution in [-0.2, 0) is 30.8 Å². The van der Waals surface area contributed by atoms with Gasteiger partial charge in [0.05, 0.1) is 12.1 Å². The molecule has 10 heteroatoms. The zero-order valence-corrected chi connectivity index (χ0v) is 20.0. The third kappa shape index (κ3) is 4.93. The molecule has 1 atom stereocenters. The van der Waals surface area contributed by atoms with Gasteiger partial charge in [-0.25, -0.2) is 13.3 Å². The van der Waals surface area contributed by atoms with Gasteiger partial charge in [-0.05, 0) is 47.7 Å². The lowest BCUT2D eigenvalue weighted by Crippen LogP contribution is -2.46. The monoisotopic (exact) mass is 497 g/mol. The van der Waals surface area contributed by atoms with Gasteiger partial charge in [0.1, 0.15) is 10.3 Å². The Morgan fingerprint density at radius 3 is 2.38 bits per heavy atom. The SMILES string of the molecule is CC(=O)Nc1ccc(N2C(=O)CC(N(CCc3ccccc3)S(=O)(=O)c3cccs3)C2=O)cc1. The highest BCUT2D eigenvalue weighted by molar-refractivity contribution is 7.91. The van der Waals surface area contributed by atoms with E-state index < -0.39 is 27.9 Å². The van der Waals surface area contributed by atoms with Crippen molar-refractivity contribution in [1.82, 2.24) is 4.31 Å². The van der Waals surface area contributed by atoms with Crippen LogP contribution < -0.4 is 10.2 Å². The van der Waals surface area contributed by atoms with E-state index in [4.69, 9.17) is 0 Å². The Bertz CT molecular complexity index is 1290. The number of thiophene rings is 1. The number of hydrogen-bond acceptors (Lipinski definition) is 6. The van der Waals surface area contributed by atoms with Crippen LogP contribution in [0.25, 0.3) is 0 Å². The average Bonchev–Trinajstić information content (AvgIpc) is 3.44. The fourth-order valence-corrected chi connectivity index (χ4v) is 6.56. The van der Waals surface area contributed by atoms with Gasteiger partial charge in [-0.2, -0.15) is 4.31 Å². The van der Waals surface area contributed by atoms with Crippen LogP contribution in [0.3, 0.4) is 0 Å². The fraction of sp³-hybridized carbons (Fsp3) is 0.208. The molecule has 1 saturated heterocycles. The molecule has 0 bridgehead atoms. The molecule has 1 fully saturated rings. The zero-order chi connectivity index (χ0) is 24.3. The van der Waals surface area contributed by atoms with Gasteiger partial charge in [0.2, 0.25) is 11.8 Å². The standard InChI is InChI=1S/C24H23N3O5S2/c1-17(28)25-19-9-11-20(12-10-19)27-22(29)16-21(24(27)30)26(14-13-18-6-3-2-4-7-18)34(31,32)23-8-5-15-33-23/h2-12,15,21H,13-14,16H2,1H3,(H,25,28). The summed E-state index contributed by atoms with van der Waals surface area (Å²) in [4.78, 5) is 38.5. The average molecular weight is 498 g/mol. The van der Waals surface area contributed by atoms with Crippen molar-refractivity contribution >= 4 is 50.5 Å². The quantitative estimate of drug-likeness (QED) is 0.481. The number of amides is 3. The first-order chi connectivity index (χ1) is 16.3. The van der Waals surface area contributed by atoms with Crippen molar-refractivity contribution < 1.29 is 22.8 Å². The summed E-state index contributed by atoms with van der Waals surface area (Å²) in [6, 6.07) is 17.6. The second-order valence-corrected chi connectivity index (χ2v) is 10.9. The number of imide groups is 1. The van der Waals surface area contributed by atoms with Crippen molar-refractivity contribution in [2.45, 2.75) is 30.0 Å². The number of rotatable bonds is 8. The van der Waals surface area contributed by atoms with E-state index in [1.54, 1.807) is 35.7 Å². The van der Waals surface area contributed by atoms with Crippen LogP contribution in [0.1, 0.15) is 18.9 Å². The molecule has 1 N–H and O–H groups in total. The molecule has 3 amide bonds. The molecule has 1 aromatic heterocycles. The summed E-state index contributed by atoms with van der Waals surface area (Å²) in [7, 11) is -3.99. The van der Waals surface area contributed by atoms with Crippen LogP contribution in [0.5, 0.6) is 0 Å². The molecule has 176 valence electrons. The molecule has 0 saturated carbocycles. The molecular formula is C24H23N3O5S2. The van der Waals surface area contributed by atoms with Crippen molar-refractivity contribution in [3.8, 4) is 0 Å². The number of nitrogens with one attached hydrogen (secondary N) is 1. The topological polar surface area (TPSA) is 104 Å². The van der Waals surface area contributed by atoms with E-state index in [1.165, 1.54) is 13.0 Å². The first kappa shape index (κ1) is 23.8. The maximum atomic E-state index is 13.5. The molecule has 8 nitrogen and oxygen atoms in total. The summed E-state index contributed by atoms with van der Waals surface area (Å²) in [5.41, 5.74) is 1.77. The van der Waals surface area contributed by atoms with Crippen molar-refractivity contribution in [3.63, 3.8) is 0 Å². The molecule has 1 unspecified atom stereocenters. The fourth-order valence-electron chi connectivity index (χ4n) is 3.86. The summed E-state index contributed by atoms with van der Waals surface area (Å²) in [6.07, 6.45) is 0.153. The molecule has 0 aliphatic carbocycles. The number of benzene rings is 2. The van der Waals surface area contributed by atoms with Gasteiger partial charge in [-0.15, -0.1) is 11.3 Å². The molecule has 2 aromatic carbocycles. The van der Waals surface area contributed by atoms with E-state index in [9.17, 15) is 22.8 Å². The van der Waals surface area contributed by atoms with Crippen LogP contribution in [-0.4, -0.2) is 43.0 Å². The van der Waals surface area contributed by atoms with Gasteiger partial charge in [-0.1, -0.05) is 36.4 Å². The predicted molar refractivity (Wildman–Crippen MR) is 130 cm³/mol. The number of carbonyl (C=O) groups excluding carboxylic acids is 3. The molecule has 34 heavy (non-hydrogen) atoms. The highest BCUT2D eigenvalue weighted by Gasteiger charge is 2.47. The van der Waals surface area contributed by atoms with Crippen LogP contribution in [0.4, 0.5) is 11.4 Å². The first-order valence-corrected chi connectivity index (χ1v) is 12.9. The summed E-state index contributed by atoms with van der Waals surface area (Å²) in [6.45, 7) is 1.44. The van der Waals surface area contributed by atoms with E-state index in [2.05, 4.69) is 5.32 Å². The molecular weight excluding hydrogens is 474 g/mol. The molecule has 0 radical (unpaired) electrons. The number of carbonyl (C=O) groups is 3. The molecule has 0 spiro atoms. The summed E-state index contributed by atoms with van der Waals surface area (Å²) in [5, 5.41) is 4.29. The van der Waals surface area contributed by atoms with Gasteiger partial charge in [0.25, 0.3) is 15.9 Å². The molecule has 1 aliphatic rings. The molecule has 3 aromatic rings. The Kier molecular flexibility index (Phi) is 6.92. The lowest BCUT2D eigenvalue weighted by Gasteiger charge is -2.26. The summed E-state index contributed by atoms with van der Waals surface area (Å²) < 4.78 is 28.2. The van der Waals surface area contributed by atoms with Crippen LogP contribution >= 0.6 is 11.3 Å². The summed E-state index contributed by atoms with van der Waals surface area (Å²) >= 11 is 1.07. The summed E-state index contributed by atoms with van der Waals surface area (Å²) in [5.74, 6) is -1.31. The smallest absolute Gasteiger partial charge is 0.253 e. The lowest BCUT2D eigenvalue weighted by molar-refractivity contribution is -0.122. The third-order valence-electron chi connectivity index (χ3n) is 5.44. The van der Waals surface area contributed by atoms with Crippen LogP contribution in [0.2, 0.25) is 0 Å². The van der Waals surface area contributed by atoms with Crippen molar-refractivity contribution in [3.05, 3.63) is 77.7 Å². The Balaban J connectivity index is 1.63. The Labute approximate surface area is 201 Å². The van der Waals surface area contributed by atoms with Crippen LogP contribution in [0.15, 0.2) is 76.3 Å². The van der Waals surface area contributed by atoms with Gasteiger partial charge in [-0.3, -0.25) is 14.4 Å². The van der Waals surface area contributed by atoms with Gasteiger partial charge >= 0.3 is 0 Å². The Morgan fingerprint density at radius 2 is 1.76 bits per heavy atom. The van der Waals surface area contributed by atoms with E-state index in [0.717, 1.165) is 26.1 Å². The molecule has 1 aliphatic heterocycles. The van der Waals surface area contributed by atoms with Crippen LogP contribution in [0, 0.1) is 0 Å². The van der Waals surface area contributed by atoms with Gasteiger partial charge in [0, 0.05) is 19.2 Å². The minimum absolute atomic E-state index is 0.0588. The largest absolute Gasteiger partial charge is 0.326 e. The predicted octanol–water partition coefficient (Wildman–Crippen LogP) is 3.27. The van der Waals surface area contributed by atoms with Crippen molar-refractivity contribution in [2.24, 2.45) is 0 Å². The van der Waals surface area contributed by atoms with Crippen molar-refractivity contribution in [1.29, 1.82) is 0 Å². The molecule has 4 rings (SSSR count). The number of anilines is 2. The minimum atomic E-state index is -3.99. The Hall–Kier alpha value is -3.34. The second-order valence-electron chi connectivity index (χ2n) is 7.80. The van der Waals surface area contributed by atoms with Gasteiger partial charge < -0.3 is 5.32 Å². The van der Waals surface area contributed by atoms with E-state index >= 15 is 0 Å². The highest BCUT2D eigenvalue weighted by Crippen LogP contribution is 2.31.